The van der Waals surface area contributed by atoms with E-state index < -0.39 is 16.1 Å². The van der Waals surface area contributed by atoms with Crippen molar-refractivity contribution in [2.45, 2.75) is 31.2 Å². The molecule has 106 valence electrons. The Hall–Kier alpha value is -1.11. The second kappa shape index (κ2) is 5.48. The Morgan fingerprint density at radius 2 is 2.16 bits per heavy atom. The van der Waals surface area contributed by atoms with Gasteiger partial charge in [-0.15, -0.1) is 0 Å². The van der Waals surface area contributed by atoms with Crippen LogP contribution in [-0.2, 0) is 16.4 Å². The third-order valence-corrected chi connectivity index (χ3v) is 4.77. The van der Waals surface area contributed by atoms with E-state index in [0.29, 0.717) is 6.61 Å². The van der Waals surface area contributed by atoms with Gasteiger partial charge in [0.2, 0.25) is 10.0 Å². The number of nitrogens with one attached hydrogen (secondary N) is 1. The second-order valence-electron chi connectivity index (χ2n) is 5.02. The van der Waals surface area contributed by atoms with Crippen molar-refractivity contribution in [2.24, 2.45) is 5.92 Å². The lowest BCUT2D eigenvalue weighted by Crippen LogP contribution is -2.41. The van der Waals surface area contributed by atoms with E-state index in [1.165, 1.54) is 6.07 Å². The van der Waals surface area contributed by atoms with Crippen molar-refractivity contribution in [3.63, 3.8) is 0 Å². The molecule has 0 saturated heterocycles. The maximum Gasteiger partial charge on any atom is 0.240 e. The number of fused-ring (bicyclic) bond motifs is 1. The molecule has 1 aromatic rings. The summed E-state index contributed by atoms with van der Waals surface area (Å²) >= 11 is 0. The molecule has 6 heteroatoms. The number of ether oxygens (including phenoxy) is 1. The zero-order valence-corrected chi connectivity index (χ0v) is 11.9. The molecule has 0 aromatic heterocycles. The molecule has 2 N–H and O–H groups in total. The summed E-state index contributed by atoms with van der Waals surface area (Å²) in [6, 6.07) is 4.37. The van der Waals surface area contributed by atoms with Crippen LogP contribution in [0, 0.1) is 5.92 Å². The second-order valence-corrected chi connectivity index (χ2v) is 6.74. The molecule has 1 aliphatic rings. The van der Waals surface area contributed by atoms with E-state index in [2.05, 4.69) is 4.72 Å². The van der Waals surface area contributed by atoms with E-state index in [9.17, 15) is 13.5 Å². The molecule has 0 fully saturated rings. The van der Waals surface area contributed by atoms with E-state index in [1.54, 1.807) is 12.1 Å². The summed E-state index contributed by atoms with van der Waals surface area (Å²) < 4.78 is 32.4. The van der Waals surface area contributed by atoms with Gasteiger partial charge in [-0.2, -0.15) is 0 Å². The fourth-order valence-corrected chi connectivity index (χ4v) is 3.41. The third kappa shape index (κ3) is 3.08. The van der Waals surface area contributed by atoms with Crippen molar-refractivity contribution in [3.05, 3.63) is 23.8 Å². The van der Waals surface area contributed by atoms with Crippen LogP contribution in [0.15, 0.2) is 23.1 Å². The lowest BCUT2D eigenvalue weighted by atomic mass is 10.1. The van der Waals surface area contributed by atoms with Crippen molar-refractivity contribution in [1.82, 2.24) is 4.72 Å². The van der Waals surface area contributed by atoms with Gasteiger partial charge in [0.15, 0.2) is 0 Å². The summed E-state index contributed by atoms with van der Waals surface area (Å²) in [6.45, 7) is 4.10. The molecule has 0 saturated carbocycles. The number of benzene rings is 1. The standard InChI is InChI=1S/C13H19NO4S/c1-9(2)12(8-15)14-19(16,17)11-3-4-13-10(7-11)5-6-18-13/h3-4,7,9,12,14-15H,5-6,8H2,1-2H3. The first-order chi connectivity index (χ1) is 8.94. The van der Waals surface area contributed by atoms with Crippen LogP contribution in [0.5, 0.6) is 5.75 Å². The minimum Gasteiger partial charge on any atom is -0.493 e. The van der Waals surface area contributed by atoms with E-state index >= 15 is 0 Å². The Labute approximate surface area is 113 Å². The minimum atomic E-state index is -3.60. The summed E-state index contributed by atoms with van der Waals surface area (Å²) in [5, 5.41) is 9.21. The van der Waals surface area contributed by atoms with E-state index in [4.69, 9.17) is 4.74 Å². The van der Waals surface area contributed by atoms with Gasteiger partial charge in [-0.1, -0.05) is 13.8 Å². The lowest BCUT2D eigenvalue weighted by Gasteiger charge is -2.20. The highest BCUT2D eigenvalue weighted by atomic mass is 32.2. The average Bonchev–Trinajstić information content (AvgIpc) is 2.82. The number of aliphatic hydroxyl groups excluding tert-OH is 1. The largest absolute Gasteiger partial charge is 0.493 e. The van der Waals surface area contributed by atoms with Crippen molar-refractivity contribution >= 4 is 10.0 Å². The van der Waals surface area contributed by atoms with Crippen LogP contribution < -0.4 is 9.46 Å². The van der Waals surface area contributed by atoms with Crippen LogP contribution in [0.2, 0.25) is 0 Å². The topological polar surface area (TPSA) is 75.6 Å². The van der Waals surface area contributed by atoms with Gasteiger partial charge >= 0.3 is 0 Å². The quantitative estimate of drug-likeness (QED) is 0.843. The van der Waals surface area contributed by atoms with E-state index in [-0.39, 0.29) is 17.4 Å². The van der Waals surface area contributed by atoms with Gasteiger partial charge in [-0.05, 0) is 29.7 Å². The predicted octanol–water partition coefficient (Wildman–Crippen LogP) is 0.917. The van der Waals surface area contributed by atoms with Crippen molar-refractivity contribution in [2.75, 3.05) is 13.2 Å². The molecule has 0 radical (unpaired) electrons. The molecule has 1 heterocycles. The Bertz CT molecular complexity index is 554. The summed E-state index contributed by atoms with van der Waals surface area (Å²) in [7, 11) is -3.60. The SMILES string of the molecule is CC(C)C(CO)NS(=O)(=O)c1ccc2c(c1)CCO2. The van der Waals surface area contributed by atoms with Gasteiger partial charge < -0.3 is 9.84 Å². The predicted molar refractivity (Wildman–Crippen MR) is 71.7 cm³/mol. The lowest BCUT2D eigenvalue weighted by molar-refractivity contribution is 0.227. The van der Waals surface area contributed by atoms with Crippen LogP contribution in [0.1, 0.15) is 19.4 Å². The first kappa shape index (κ1) is 14.3. The molecule has 19 heavy (non-hydrogen) atoms. The summed E-state index contributed by atoms with van der Waals surface area (Å²) in [4.78, 5) is 0.218. The number of hydrogen-bond acceptors (Lipinski definition) is 4. The van der Waals surface area contributed by atoms with Gasteiger partial charge in [0.25, 0.3) is 0 Å². The Morgan fingerprint density at radius 3 is 2.79 bits per heavy atom. The van der Waals surface area contributed by atoms with E-state index in [1.807, 2.05) is 13.8 Å². The Morgan fingerprint density at radius 1 is 1.42 bits per heavy atom. The summed E-state index contributed by atoms with van der Waals surface area (Å²) in [6.07, 6.45) is 0.728. The third-order valence-electron chi connectivity index (χ3n) is 3.28. The molecule has 2 rings (SSSR count). The van der Waals surface area contributed by atoms with Gasteiger partial charge in [-0.25, -0.2) is 13.1 Å². The molecule has 1 aliphatic heterocycles. The van der Waals surface area contributed by atoms with Crippen molar-refractivity contribution in [3.8, 4) is 5.75 Å². The molecular weight excluding hydrogens is 266 g/mol. The number of aliphatic hydroxyl groups is 1. The molecule has 1 aromatic carbocycles. The first-order valence-electron chi connectivity index (χ1n) is 6.33. The fraction of sp³-hybridized carbons (Fsp3) is 0.538. The zero-order valence-electron chi connectivity index (χ0n) is 11.1. The highest BCUT2D eigenvalue weighted by Crippen LogP contribution is 2.27. The maximum absolute atomic E-state index is 12.2. The van der Waals surface area contributed by atoms with Gasteiger partial charge in [0.1, 0.15) is 5.75 Å². The van der Waals surface area contributed by atoms with E-state index in [0.717, 1.165) is 17.7 Å². The monoisotopic (exact) mass is 285 g/mol. The molecule has 0 spiro atoms. The van der Waals surface area contributed by atoms with Crippen LogP contribution in [-0.4, -0.2) is 32.8 Å². The van der Waals surface area contributed by atoms with Crippen LogP contribution in [0.25, 0.3) is 0 Å². The molecule has 5 nitrogen and oxygen atoms in total. The van der Waals surface area contributed by atoms with Crippen LogP contribution >= 0.6 is 0 Å². The molecule has 1 atom stereocenters. The summed E-state index contributed by atoms with van der Waals surface area (Å²) in [5.41, 5.74) is 0.910. The average molecular weight is 285 g/mol. The van der Waals surface area contributed by atoms with Crippen molar-refractivity contribution < 1.29 is 18.3 Å². The van der Waals surface area contributed by atoms with Gasteiger partial charge in [0, 0.05) is 12.5 Å². The molecule has 1 unspecified atom stereocenters. The van der Waals surface area contributed by atoms with Crippen molar-refractivity contribution in [1.29, 1.82) is 0 Å². The molecule has 0 aliphatic carbocycles. The fourth-order valence-electron chi connectivity index (χ4n) is 1.98. The summed E-state index contributed by atoms with van der Waals surface area (Å²) in [5.74, 6) is 0.777. The Balaban J connectivity index is 2.24. The van der Waals surface area contributed by atoms with Gasteiger partial charge in [0.05, 0.1) is 18.1 Å². The number of rotatable bonds is 5. The number of sulfonamides is 1. The first-order valence-corrected chi connectivity index (χ1v) is 7.81. The molecular formula is C13H19NO4S. The maximum atomic E-state index is 12.2. The van der Waals surface area contributed by atoms with Crippen LogP contribution in [0.4, 0.5) is 0 Å². The van der Waals surface area contributed by atoms with Crippen LogP contribution in [0.3, 0.4) is 0 Å². The molecule has 0 bridgehead atoms. The normalized spacial score (nSPS) is 16.2. The zero-order chi connectivity index (χ0) is 14.0. The highest BCUT2D eigenvalue weighted by molar-refractivity contribution is 7.89. The van der Waals surface area contributed by atoms with Gasteiger partial charge in [-0.3, -0.25) is 0 Å². The smallest absolute Gasteiger partial charge is 0.240 e. The number of hydrogen-bond donors (Lipinski definition) is 2. The minimum absolute atomic E-state index is 0.0255. The molecule has 0 amide bonds. The Kier molecular flexibility index (Phi) is 4.13. The highest BCUT2D eigenvalue weighted by Gasteiger charge is 2.23.